The van der Waals surface area contributed by atoms with Crippen LogP contribution >= 0.6 is 11.3 Å². The van der Waals surface area contributed by atoms with Crippen molar-refractivity contribution in [2.45, 2.75) is 26.8 Å². The third kappa shape index (κ3) is 4.81. The topological polar surface area (TPSA) is 124 Å². The highest BCUT2D eigenvalue weighted by molar-refractivity contribution is 7.17. The average Bonchev–Trinajstić information content (AvgIpc) is 3.45. The molecule has 0 saturated carbocycles. The van der Waals surface area contributed by atoms with Gasteiger partial charge in [-0.25, -0.2) is 9.78 Å². The Balaban J connectivity index is 1.67. The Kier molecular flexibility index (Phi) is 7.25. The van der Waals surface area contributed by atoms with Crippen LogP contribution in [0.3, 0.4) is 0 Å². The fraction of sp³-hybridized carbons (Fsp3) is 0.286. The molecular weight excluding hydrogens is 524 g/mol. The molecule has 0 unspecified atom stereocenters. The van der Waals surface area contributed by atoms with Crippen LogP contribution in [-0.4, -0.2) is 54.2 Å². The summed E-state index contributed by atoms with van der Waals surface area (Å²) in [6.45, 7) is 6.50. The van der Waals surface area contributed by atoms with Gasteiger partial charge >= 0.3 is 11.9 Å². The second kappa shape index (κ2) is 10.8. The highest BCUT2D eigenvalue weighted by atomic mass is 32.1. The zero-order valence-electron chi connectivity index (χ0n) is 21.6. The quantitative estimate of drug-likeness (QED) is 0.197. The Hall–Kier alpha value is -4.38. The number of rotatable bonds is 7. The third-order valence-corrected chi connectivity index (χ3v) is 7.33. The van der Waals surface area contributed by atoms with E-state index in [2.05, 4.69) is 4.98 Å². The molecule has 5 rings (SSSR count). The first-order chi connectivity index (χ1) is 18.8. The Labute approximate surface area is 228 Å². The summed E-state index contributed by atoms with van der Waals surface area (Å²) in [5.74, 6) is -1.25. The fourth-order valence-electron chi connectivity index (χ4n) is 4.50. The van der Waals surface area contributed by atoms with Gasteiger partial charge in [-0.1, -0.05) is 23.5 Å². The molecule has 2 aliphatic rings. The largest absolute Gasteiger partial charge is 0.507 e. The van der Waals surface area contributed by atoms with Crippen molar-refractivity contribution >= 4 is 39.9 Å². The molecule has 3 aromatic rings. The van der Waals surface area contributed by atoms with E-state index in [1.807, 2.05) is 6.92 Å². The Morgan fingerprint density at radius 1 is 1.10 bits per heavy atom. The maximum Gasteiger partial charge on any atom is 0.350 e. The second-order valence-electron chi connectivity index (χ2n) is 8.66. The first-order valence-corrected chi connectivity index (χ1v) is 13.2. The smallest absolute Gasteiger partial charge is 0.350 e. The molecule has 202 valence electrons. The average molecular weight is 551 g/mol. The lowest BCUT2D eigenvalue weighted by atomic mass is 9.95. The normalized spacial score (nSPS) is 17.8. The number of aromatic nitrogens is 1. The van der Waals surface area contributed by atoms with Gasteiger partial charge in [0, 0.05) is 5.56 Å². The van der Waals surface area contributed by atoms with E-state index in [0.29, 0.717) is 48.3 Å². The number of fused-ring (bicyclic) bond motifs is 1. The molecule has 1 aromatic heterocycles. The van der Waals surface area contributed by atoms with Crippen LogP contribution in [-0.2, 0) is 14.3 Å². The van der Waals surface area contributed by atoms with E-state index in [4.69, 9.17) is 18.9 Å². The molecule has 39 heavy (non-hydrogen) atoms. The Morgan fingerprint density at radius 2 is 1.87 bits per heavy atom. The molecule has 1 atom stereocenters. The SMILES string of the molecule is CCOC(=O)c1sc(N2C(=O)C(=O)C(=C(O)c3ccc4c(c3)OCCO4)[C@@H]2c2cccc(OCC)c2)nc1C. The predicted molar refractivity (Wildman–Crippen MR) is 143 cm³/mol. The van der Waals surface area contributed by atoms with Crippen molar-refractivity contribution in [2.24, 2.45) is 0 Å². The molecule has 1 N–H and O–H groups in total. The molecule has 0 aliphatic carbocycles. The maximum atomic E-state index is 13.5. The van der Waals surface area contributed by atoms with Gasteiger partial charge in [-0.05, 0) is 56.7 Å². The number of aryl methyl sites for hydroxylation is 1. The van der Waals surface area contributed by atoms with E-state index in [0.717, 1.165) is 11.3 Å². The second-order valence-corrected chi connectivity index (χ2v) is 9.64. The van der Waals surface area contributed by atoms with E-state index in [1.165, 1.54) is 4.90 Å². The van der Waals surface area contributed by atoms with Gasteiger partial charge in [0.25, 0.3) is 5.78 Å². The van der Waals surface area contributed by atoms with Crippen LogP contribution in [0.2, 0.25) is 0 Å². The Morgan fingerprint density at radius 3 is 2.62 bits per heavy atom. The number of Topliss-reactive ketones (excluding diaryl/α,β-unsaturated/α-hetero) is 1. The van der Waals surface area contributed by atoms with Gasteiger partial charge in [-0.2, -0.15) is 0 Å². The minimum atomic E-state index is -1.04. The molecule has 2 aliphatic heterocycles. The van der Waals surface area contributed by atoms with Crippen LogP contribution in [0, 0.1) is 6.92 Å². The third-order valence-electron chi connectivity index (χ3n) is 6.20. The summed E-state index contributed by atoms with van der Waals surface area (Å²) in [6, 6.07) is 10.7. The van der Waals surface area contributed by atoms with Crippen LogP contribution in [0.25, 0.3) is 5.76 Å². The van der Waals surface area contributed by atoms with Crippen LogP contribution in [0.5, 0.6) is 17.2 Å². The van der Waals surface area contributed by atoms with E-state index in [-0.39, 0.29) is 33.5 Å². The zero-order valence-corrected chi connectivity index (χ0v) is 22.4. The minimum absolute atomic E-state index is 0.129. The number of aliphatic hydroxyl groups is 1. The van der Waals surface area contributed by atoms with Gasteiger partial charge in [-0.15, -0.1) is 0 Å². The predicted octanol–water partition coefficient (Wildman–Crippen LogP) is 4.42. The molecule has 2 aromatic carbocycles. The molecule has 0 radical (unpaired) electrons. The molecule has 3 heterocycles. The number of esters is 1. The summed E-state index contributed by atoms with van der Waals surface area (Å²) in [5.41, 5.74) is 1.04. The van der Waals surface area contributed by atoms with Crippen LogP contribution in [0.15, 0.2) is 48.0 Å². The number of ether oxygens (including phenoxy) is 4. The van der Waals surface area contributed by atoms with Crippen molar-refractivity contribution in [3.63, 3.8) is 0 Å². The van der Waals surface area contributed by atoms with Crippen LogP contribution in [0.4, 0.5) is 5.13 Å². The standard InChI is InChI=1S/C28H26N2O8S/c1-4-35-18-8-6-7-16(13-18)22-21(23(31)17-9-10-19-20(14-17)38-12-11-37-19)24(32)26(33)30(22)28-29-15(3)25(39-28)27(34)36-5-2/h6-10,13-14,22,31H,4-5,11-12H2,1-3H3/t22-/m0/s1. The minimum Gasteiger partial charge on any atom is -0.507 e. The van der Waals surface area contributed by atoms with Gasteiger partial charge in [0.15, 0.2) is 16.6 Å². The molecule has 11 heteroatoms. The fourth-order valence-corrected chi connectivity index (χ4v) is 5.49. The monoisotopic (exact) mass is 550 g/mol. The number of thiazole rings is 1. The summed E-state index contributed by atoms with van der Waals surface area (Å²) in [6.07, 6.45) is 0. The highest BCUT2D eigenvalue weighted by Gasteiger charge is 2.48. The van der Waals surface area contributed by atoms with Crippen LogP contribution in [0.1, 0.15) is 46.4 Å². The van der Waals surface area contributed by atoms with Crippen molar-refractivity contribution in [3.8, 4) is 17.2 Å². The number of hydrogen-bond acceptors (Lipinski definition) is 10. The molecule has 1 fully saturated rings. The first-order valence-electron chi connectivity index (χ1n) is 12.4. The summed E-state index contributed by atoms with van der Waals surface area (Å²) < 4.78 is 22.0. The lowest BCUT2D eigenvalue weighted by Crippen LogP contribution is -2.29. The van der Waals surface area contributed by atoms with Crippen molar-refractivity contribution < 1.29 is 38.4 Å². The number of benzene rings is 2. The van der Waals surface area contributed by atoms with Crippen molar-refractivity contribution in [3.05, 3.63) is 69.7 Å². The van der Waals surface area contributed by atoms with Gasteiger partial charge in [0.05, 0.1) is 30.5 Å². The van der Waals surface area contributed by atoms with Crippen molar-refractivity contribution in [2.75, 3.05) is 31.3 Å². The summed E-state index contributed by atoms with van der Waals surface area (Å²) in [4.78, 5) is 45.3. The number of carbonyl (C=O) groups is 3. The van der Waals surface area contributed by atoms with E-state index < -0.39 is 23.7 Å². The number of amides is 1. The zero-order chi connectivity index (χ0) is 27.7. The maximum absolute atomic E-state index is 13.5. The number of hydrogen-bond donors (Lipinski definition) is 1. The Bertz CT molecular complexity index is 1490. The van der Waals surface area contributed by atoms with Gasteiger partial charge in [0.1, 0.15) is 29.6 Å². The molecular formula is C28H26N2O8S. The molecule has 0 bridgehead atoms. The van der Waals surface area contributed by atoms with E-state index >= 15 is 0 Å². The summed E-state index contributed by atoms with van der Waals surface area (Å²) >= 11 is 0.947. The first kappa shape index (κ1) is 26.2. The number of nitrogens with zero attached hydrogens (tertiary/aromatic N) is 2. The number of carbonyl (C=O) groups excluding carboxylic acids is 3. The van der Waals surface area contributed by atoms with Crippen molar-refractivity contribution in [1.82, 2.24) is 4.98 Å². The number of anilines is 1. The number of aliphatic hydroxyl groups excluding tert-OH is 1. The molecule has 10 nitrogen and oxygen atoms in total. The summed E-state index contributed by atoms with van der Waals surface area (Å²) in [5, 5.41) is 11.6. The lowest BCUT2D eigenvalue weighted by molar-refractivity contribution is -0.132. The van der Waals surface area contributed by atoms with E-state index in [1.54, 1.807) is 56.3 Å². The lowest BCUT2D eigenvalue weighted by Gasteiger charge is -2.23. The van der Waals surface area contributed by atoms with Gasteiger partial charge in [-0.3, -0.25) is 14.5 Å². The molecule has 1 amide bonds. The molecule has 1 saturated heterocycles. The van der Waals surface area contributed by atoms with Gasteiger partial charge < -0.3 is 24.1 Å². The van der Waals surface area contributed by atoms with E-state index in [9.17, 15) is 19.5 Å². The van der Waals surface area contributed by atoms with Gasteiger partial charge in [0.2, 0.25) is 0 Å². The van der Waals surface area contributed by atoms with Crippen LogP contribution < -0.4 is 19.1 Å². The summed E-state index contributed by atoms with van der Waals surface area (Å²) in [7, 11) is 0. The molecule has 0 spiro atoms. The highest BCUT2D eigenvalue weighted by Crippen LogP contribution is 2.45. The number of ketones is 1. The van der Waals surface area contributed by atoms with Crippen molar-refractivity contribution in [1.29, 1.82) is 0 Å².